The maximum absolute atomic E-state index is 13.1. The standard InChI is InChI=1S/C44H66N7O19P3/c1-42(2,25-67-73(63,64)70-72(61,62)66-24-31-36(69-71(58,59)60)35(55)41(68-31)51-27-50-34-38(45)48-26-49-39(34)51)37(56)40(57)47-22-14-33(54)46-21-13-32(53)43(17-18-43)15-6-3-4-9-29-11-8-12-30(23-29)10-5-7-16-44(19-20-44)65-28-52/h8,11-12,23,26-28,31,35-37,41,55-56H,3-7,9-10,13-22,24-25H2,1-2H3,(H,46,54)(H,47,57)(H,61,62)(H,63,64)(H2,45,48,49)(H2,58,59,60). The van der Waals surface area contributed by atoms with E-state index in [0.717, 1.165) is 101 Å². The van der Waals surface area contributed by atoms with Crippen molar-refractivity contribution in [2.24, 2.45) is 10.8 Å². The number of aliphatic hydroxyl groups is 2. The van der Waals surface area contributed by atoms with Crippen LogP contribution in [0, 0.1) is 10.8 Å². The van der Waals surface area contributed by atoms with Gasteiger partial charge in [-0.15, -0.1) is 0 Å². The summed E-state index contributed by atoms with van der Waals surface area (Å²) >= 11 is 0. The number of aromatic nitrogens is 4. The van der Waals surface area contributed by atoms with Gasteiger partial charge in [0.25, 0.3) is 6.47 Å². The molecule has 3 heterocycles. The highest BCUT2D eigenvalue weighted by Gasteiger charge is 2.51. The van der Waals surface area contributed by atoms with Crippen LogP contribution in [-0.4, -0.2) is 130 Å². The Morgan fingerprint density at radius 2 is 1.58 bits per heavy atom. The van der Waals surface area contributed by atoms with Crippen LogP contribution >= 0.6 is 23.5 Å². The largest absolute Gasteiger partial charge is 0.481 e. The van der Waals surface area contributed by atoms with Gasteiger partial charge in [0, 0.05) is 36.8 Å². The van der Waals surface area contributed by atoms with E-state index in [1.165, 1.54) is 25.0 Å². The number of aryl methyl sites for hydroxylation is 2. The Hall–Kier alpha value is -4.10. The predicted octanol–water partition coefficient (Wildman–Crippen LogP) is 3.37. The van der Waals surface area contributed by atoms with Gasteiger partial charge >= 0.3 is 23.5 Å². The average Bonchev–Trinajstić information content (AvgIpc) is 4.22. The van der Waals surface area contributed by atoms with Crippen LogP contribution in [-0.2, 0) is 73.1 Å². The molecule has 7 unspecified atom stereocenters. The monoisotopic (exact) mass is 1090 g/mol. The minimum atomic E-state index is -5.59. The van der Waals surface area contributed by atoms with Crippen molar-refractivity contribution >= 4 is 64.5 Å². The van der Waals surface area contributed by atoms with Crippen molar-refractivity contribution in [2.45, 2.75) is 146 Å². The van der Waals surface area contributed by atoms with Gasteiger partial charge in [-0.3, -0.25) is 37.3 Å². The number of carbonyl (C=O) groups excluding carboxylic acids is 4. The van der Waals surface area contributed by atoms with E-state index in [1.807, 2.05) is 0 Å². The molecule has 1 aromatic carbocycles. The second-order valence-electron chi connectivity index (χ2n) is 19.5. The Bertz CT molecular complexity index is 2550. The van der Waals surface area contributed by atoms with E-state index in [0.29, 0.717) is 6.47 Å². The molecule has 0 radical (unpaired) electrons. The molecular weight excluding hydrogens is 1020 g/mol. The average molecular weight is 1090 g/mol. The molecule has 406 valence electrons. The molecule has 29 heteroatoms. The van der Waals surface area contributed by atoms with Gasteiger partial charge in [0.1, 0.15) is 47.6 Å². The summed E-state index contributed by atoms with van der Waals surface area (Å²) in [6, 6.07) is 8.65. The Labute approximate surface area is 420 Å². The lowest BCUT2D eigenvalue weighted by atomic mass is 9.87. The van der Waals surface area contributed by atoms with E-state index in [1.54, 1.807) is 0 Å². The van der Waals surface area contributed by atoms with Crippen molar-refractivity contribution in [3.63, 3.8) is 0 Å². The van der Waals surface area contributed by atoms with Crippen LogP contribution in [0.2, 0.25) is 0 Å². The minimum absolute atomic E-state index is 0.0285. The Morgan fingerprint density at radius 1 is 0.918 bits per heavy atom. The smallest absolute Gasteiger partial charge is 0.461 e. The number of benzene rings is 1. The molecule has 6 rings (SSSR count). The second kappa shape index (κ2) is 24.7. The van der Waals surface area contributed by atoms with E-state index in [-0.39, 0.29) is 59.7 Å². The molecule has 3 aromatic rings. The normalized spacial score (nSPS) is 22.2. The molecule has 2 aromatic heterocycles. The van der Waals surface area contributed by atoms with Gasteiger partial charge in [-0.05, 0) is 81.8 Å². The summed E-state index contributed by atoms with van der Waals surface area (Å²) in [7, 11) is -16.5. The quantitative estimate of drug-likeness (QED) is 0.0240. The molecular formula is C44H66N7O19P3. The number of anilines is 1. The number of nitrogen functional groups attached to an aromatic ring is 1. The number of amides is 2. The summed E-state index contributed by atoms with van der Waals surface area (Å²) in [6.45, 7) is 0.966. The van der Waals surface area contributed by atoms with E-state index in [9.17, 15) is 62.7 Å². The van der Waals surface area contributed by atoms with Crippen molar-refractivity contribution in [2.75, 3.05) is 32.0 Å². The van der Waals surface area contributed by atoms with Crippen molar-refractivity contribution in [3.05, 3.63) is 48.0 Å². The van der Waals surface area contributed by atoms with Crippen LogP contribution in [0.4, 0.5) is 5.82 Å². The molecule has 0 bridgehead atoms. The number of fused-ring (bicyclic) bond motifs is 1. The van der Waals surface area contributed by atoms with Crippen LogP contribution in [0.3, 0.4) is 0 Å². The molecule has 0 spiro atoms. The van der Waals surface area contributed by atoms with Crippen molar-refractivity contribution < 1.29 is 90.0 Å². The summed E-state index contributed by atoms with van der Waals surface area (Å²) in [5, 5.41) is 26.7. The number of imidazole rings is 1. The first-order valence-corrected chi connectivity index (χ1v) is 28.5. The highest BCUT2D eigenvalue weighted by atomic mass is 31.3. The molecule has 73 heavy (non-hydrogen) atoms. The fourth-order valence-electron chi connectivity index (χ4n) is 8.69. The molecule has 26 nitrogen and oxygen atoms in total. The fraction of sp³-hybridized carbons (Fsp3) is 0.659. The van der Waals surface area contributed by atoms with E-state index >= 15 is 0 Å². The predicted molar refractivity (Wildman–Crippen MR) is 256 cm³/mol. The first-order chi connectivity index (χ1) is 34.4. The van der Waals surface area contributed by atoms with E-state index < -0.39 is 84.6 Å². The number of unbranched alkanes of at least 4 members (excludes halogenated alkanes) is 3. The number of aliphatic hydroxyl groups excluding tert-OH is 2. The van der Waals surface area contributed by atoms with Gasteiger partial charge in [0.2, 0.25) is 11.8 Å². The van der Waals surface area contributed by atoms with Crippen LogP contribution in [0.1, 0.15) is 115 Å². The number of phosphoric acid groups is 3. The van der Waals surface area contributed by atoms with Crippen molar-refractivity contribution in [1.82, 2.24) is 30.2 Å². The van der Waals surface area contributed by atoms with Crippen molar-refractivity contribution in [1.29, 1.82) is 0 Å². The summed E-state index contributed by atoms with van der Waals surface area (Å²) in [5.74, 6) is -1.36. The first-order valence-electron chi connectivity index (χ1n) is 24.0. The van der Waals surface area contributed by atoms with E-state index in [4.69, 9.17) is 24.3 Å². The number of nitrogens with one attached hydrogen (secondary N) is 2. The van der Waals surface area contributed by atoms with Gasteiger partial charge in [-0.1, -0.05) is 51.0 Å². The van der Waals surface area contributed by atoms with Gasteiger partial charge < -0.3 is 55.6 Å². The number of rotatable bonds is 33. The number of hydrogen-bond donors (Lipinski definition) is 9. The zero-order chi connectivity index (χ0) is 53.2. The summed E-state index contributed by atoms with van der Waals surface area (Å²) in [6.07, 6.45) is 5.43. The van der Waals surface area contributed by atoms with Crippen LogP contribution in [0.5, 0.6) is 0 Å². The highest BCUT2D eigenvalue weighted by molar-refractivity contribution is 7.61. The Morgan fingerprint density at radius 3 is 2.23 bits per heavy atom. The third-order valence-corrected chi connectivity index (χ3v) is 16.4. The number of Topliss-reactive ketones (excluding diaryl/α,β-unsaturated/α-hetero) is 1. The lowest BCUT2D eigenvalue weighted by molar-refractivity contribution is -0.137. The van der Waals surface area contributed by atoms with Crippen molar-refractivity contribution in [3.8, 4) is 0 Å². The second-order valence-corrected chi connectivity index (χ2v) is 23.7. The molecule has 3 aliphatic rings. The SMILES string of the molecule is CC(C)(COP(=O)(O)OP(=O)(O)OCC1OC(n2cnc3c(N)ncnc32)C(O)C1OP(=O)(O)O)C(O)C(=O)NCCC(=O)NCCC(=O)C1(CCCCCc2cccc(CCCCC3(OC=O)CC3)c2)CC1. The molecule has 10 N–H and O–H groups in total. The number of carbonyl (C=O) groups is 4. The molecule has 2 aliphatic carbocycles. The topological polar surface area (TPSA) is 390 Å². The summed E-state index contributed by atoms with van der Waals surface area (Å²) in [4.78, 5) is 100. The molecule has 2 saturated carbocycles. The number of ketones is 1. The van der Waals surface area contributed by atoms with Crippen LogP contribution < -0.4 is 16.4 Å². The lowest BCUT2D eigenvalue weighted by Gasteiger charge is -2.30. The maximum Gasteiger partial charge on any atom is 0.481 e. The Balaban J connectivity index is 0.842. The maximum atomic E-state index is 13.1. The van der Waals surface area contributed by atoms with Crippen LogP contribution in [0.15, 0.2) is 36.9 Å². The highest BCUT2D eigenvalue weighted by Crippen LogP contribution is 2.61. The van der Waals surface area contributed by atoms with Gasteiger partial charge in [0.15, 0.2) is 17.7 Å². The number of nitrogens with zero attached hydrogens (tertiary/aromatic N) is 4. The fourth-order valence-corrected chi connectivity index (χ4v) is 11.5. The number of nitrogens with two attached hydrogens (primary N) is 1. The van der Waals surface area contributed by atoms with E-state index in [2.05, 4.69) is 58.7 Å². The molecule has 3 fully saturated rings. The molecule has 2 amide bonds. The number of hydrogen-bond acceptors (Lipinski definition) is 19. The van der Waals surface area contributed by atoms with Crippen LogP contribution in [0.25, 0.3) is 11.2 Å². The number of phosphoric ester groups is 3. The zero-order valence-electron chi connectivity index (χ0n) is 40.6. The summed E-state index contributed by atoms with van der Waals surface area (Å²) in [5.41, 5.74) is 6.32. The first kappa shape index (κ1) is 58.2. The third-order valence-electron chi connectivity index (χ3n) is 13.3. The lowest BCUT2D eigenvalue weighted by Crippen LogP contribution is -2.46. The number of ether oxygens (including phenoxy) is 2. The van der Waals surface area contributed by atoms with Gasteiger partial charge in [0.05, 0.1) is 19.5 Å². The minimum Gasteiger partial charge on any atom is -0.461 e. The summed E-state index contributed by atoms with van der Waals surface area (Å²) < 4.78 is 67.9. The zero-order valence-corrected chi connectivity index (χ0v) is 43.2. The van der Waals surface area contributed by atoms with Gasteiger partial charge in [-0.2, -0.15) is 4.31 Å². The molecule has 1 saturated heterocycles. The Kier molecular flexibility index (Phi) is 19.7. The molecule has 7 atom stereocenters. The molecule has 1 aliphatic heterocycles. The third kappa shape index (κ3) is 16.9. The van der Waals surface area contributed by atoms with Gasteiger partial charge in [-0.25, -0.2) is 28.6 Å².